The number of rotatable bonds is 4. The van der Waals surface area contributed by atoms with Crippen LogP contribution in [0.25, 0.3) is 0 Å². The molecule has 1 aliphatic rings. The Morgan fingerprint density at radius 2 is 2.00 bits per heavy atom. The lowest BCUT2D eigenvalue weighted by molar-refractivity contribution is -0.0619. The summed E-state index contributed by atoms with van der Waals surface area (Å²) < 4.78 is 26.8. The van der Waals surface area contributed by atoms with E-state index in [9.17, 15) is 13.5 Å². The summed E-state index contributed by atoms with van der Waals surface area (Å²) in [6.45, 7) is 5.78. The summed E-state index contributed by atoms with van der Waals surface area (Å²) in [5.41, 5.74) is -0.814. The zero-order chi connectivity index (χ0) is 11.0. The molecule has 0 aromatic carbocycles. The van der Waals surface area contributed by atoms with Crippen molar-refractivity contribution >= 4 is 10.2 Å². The summed E-state index contributed by atoms with van der Waals surface area (Å²) in [7, 11) is -3.38. The Morgan fingerprint density at radius 1 is 1.50 bits per heavy atom. The Morgan fingerprint density at radius 3 is 2.36 bits per heavy atom. The molecule has 1 heterocycles. The second kappa shape index (κ2) is 3.77. The SMILES string of the molecule is CCC1(O)CN(S(=O)(=O)NC(C)C)C1. The van der Waals surface area contributed by atoms with Gasteiger partial charge in [0, 0.05) is 19.1 Å². The van der Waals surface area contributed by atoms with E-state index in [0.717, 1.165) is 0 Å². The Bertz CT molecular complexity index is 294. The maximum Gasteiger partial charge on any atom is 0.279 e. The van der Waals surface area contributed by atoms with E-state index in [-0.39, 0.29) is 19.1 Å². The molecule has 14 heavy (non-hydrogen) atoms. The second-order valence-corrected chi connectivity index (χ2v) is 5.83. The fourth-order valence-electron chi connectivity index (χ4n) is 1.38. The van der Waals surface area contributed by atoms with E-state index in [4.69, 9.17) is 0 Å². The van der Waals surface area contributed by atoms with Crippen molar-refractivity contribution in [2.24, 2.45) is 0 Å². The molecule has 84 valence electrons. The molecule has 1 saturated heterocycles. The molecule has 0 aromatic heterocycles. The number of hydrogen-bond donors (Lipinski definition) is 2. The third-order valence-corrected chi connectivity index (χ3v) is 4.03. The van der Waals surface area contributed by atoms with Crippen LogP contribution in [0.5, 0.6) is 0 Å². The van der Waals surface area contributed by atoms with Crippen LogP contribution < -0.4 is 4.72 Å². The van der Waals surface area contributed by atoms with Gasteiger partial charge in [0.2, 0.25) is 0 Å². The molecular weight excluding hydrogens is 204 g/mol. The van der Waals surface area contributed by atoms with Gasteiger partial charge in [0.25, 0.3) is 10.2 Å². The summed E-state index contributed by atoms with van der Waals surface area (Å²) in [5, 5.41) is 9.65. The standard InChI is InChI=1S/C8H18N2O3S/c1-4-8(11)5-10(6-8)14(12,13)9-7(2)3/h7,9,11H,4-6H2,1-3H3. The Kier molecular flexibility index (Phi) is 3.20. The lowest BCUT2D eigenvalue weighted by Gasteiger charge is -2.44. The van der Waals surface area contributed by atoms with Gasteiger partial charge in [-0.25, -0.2) is 0 Å². The van der Waals surface area contributed by atoms with Crippen molar-refractivity contribution in [3.05, 3.63) is 0 Å². The Hall–Kier alpha value is -0.170. The van der Waals surface area contributed by atoms with Crippen LogP contribution in [0, 0.1) is 0 Å². The van der Waals surface area contributed by atoms with Crippen LogP contribution in [-0.2, 0) is 10.2 Å². The van der Waals surface area contributed by atoms with Crippen molar-refractivity contribution in [2.45, 2.75) is 38.8 Å². The molecule has 0 aromatic rings. The first kappa shape index (κ1) is 11.9. The molecule has 1 rings (SSSR count). The second-order valence-electron chi connectivity index (χ2n) is 4.12. The number of nitrogens with one attached hydrogen (secondary N) is 1. The van der Waals surface area contributed by atoms with E-state index < -0.39 is 15.8 Å². The van der Waals surface area contributed by atoms with Crippen molar-refractivity contribution in [1.29, 1.82) is 0 Å². The first-order chi connectivity index (χ1) is 6.29. The minimum atomic E-state index is -3.38. The highest BCUT2D eigenvalue weighted by Crippen LogP contribution is 2.26. The quantitative estimate of drug-likeness (QED) is 0.685. The van der Waals surface area contributed by atoms with Gasteiger partial charge in [0.1, 0.15) is 0 Å². The molecule has 0 unspecified atom stereocenters. The molecule has 0 amide bonds. The molecule has 6 heteroatoms. The van der Waals surface area contributed by atoms with Crippen LogP contribution >= 0.6 is 0 Å². The van der Waals surface area contributed by atoms with Crippen molar-refractivity contribution < 1.29 is 13.5 Å². The third-order valence-electron chi connectivity index (χ3n) is 2.32. The lowest BCUT2D eigenvalue weighted by atomic mass is 9.94. The van der Waals surface area contributed by atoms with E-state index in [1.54, 1.807) is 13.8 Å². The van der Waals surface area contributed by atoms with E-state index >= 15 is 0 Å². The van der Waals surface area contributed by atoms with Crippen molar-refractivity contribution in [3.63, 3.8) is 0 Å². The molecule has 0 aliphatic carbocycles. The first-order valence-electron chi connectivity index (χ1n) is 4.79. The Balaban J connectivity index is 2.54. The molecule has 1 aliphatic heterocycles. The van der Waals surface area contributed by atoms with Gasteiger partial charge >= 0.3 is 0 Å². The number of β-amino-alcohol motifs (C(OH)–C–C–N with tert-alkyl or cyclic N) is 1. The van der Waals surface area contributed by atoms with E-state index in [2.05, 4.69) is 4.72 Å². The molecular formula is C8H18N2O3S. The summed E-state index contributed by atoms with van der Waals surface area (Å²) in [4.78, 5) is 0. The highest BCUT2D eigenvalue weighted by molar-refractivity contribution is 7.87. The van der Waals surface area contributed by atoms with Gasteiger partial charge in [-0.15, -0.1) is 0 Å². The minimum absolute atomic E-state index is 0.115. The van der Waals surface area contributed by atoms with Gasteiger partial charge < -0.3 is 5.11 Å². The molecule has 2 N–H and O–H groups in total. The van der Waals surface area contributed by atoms with Crippen LogP contribution in [0.15, 0.2) is 0 Å². The average Bonchev–Trinajstić information content (AvgIpc) is 1.96. The molecule has 0 spiro atoms. The number of aliphatic hydroxyl groups is 1. The topological polar surface area (TPSA) is 69.6 Å². The summed E-state index contributed by atoms with van der Waals surface area (Å²) in [6.07, 6.45) is 0.584. The van der Waals surface area contributed by atoms with Crippen LogP contribution in [0.3, 0.4) is 0 Å². The molecule has 0 radical (unpaired) electrons. The van der Waals surface area contributed by atoms with Gasteiger partial charge in [0.05, 0.1) is 5.60 Å². The maximum atomic E-state index is 11.5. The highest BCUT2D eigenvalue weighted by Gasteiger charge is 2.45. The first-order valence-corrected chi connectivity index (χ1v) is 6.23. The van der Waals surface area contributed by atoms with Gasteiger partial charge in [0.15, 0.2) is 0 Å². The van der Waals surface area contributed by atoms with Gasteiger partial charge in [-0.2, -0.15) is 17.4 Å². The molecule has 1 fully saturated rings. The van der Waals surface area contributed by atoms with Crippen LogP contribution in [0.4, 0.5) is 0 Å². The van der Waals surface area contributed by atoms with Gasteiger partial charge in [-0.05, 0) is 20.3 Å². The fraction of sp³-hybridized carbons (Fsp3) is 1.00. The molecule has 0 bridgehead atoms. The molecule has 0 saturated carbocycles. The lowest BCUT2D eigenvalue weighted by Crippen LogP contribution is -2.65. The average molecular weight is 222 g/mol. The normalized spacial score (nSPS) is 22.4. The van der Waals surface area contributed by atoms with Crippen LogP contribution in [0.1, 0.15) is 27.2 Å². The zero-order valence-corrected chi connectivity index (χ0v) is 9.63. The van der Waals surface area contributed by atoms with E-state index in [1.165, 1.54) is 4.31 Å². The van der Waals surface area contributed by atoms with E-state index in [0.29, 0.717) is 6.42 Å². The summed E-state index contributed by atoms with van der Waals surface area (Å²) >= 11 is 0. The summed E-state index contributed by atoms with van der Waals surface area (Å²) in [5.74, 6) is 0. The van der Waals surface area contributed by atoms with Gasteiger partial charge in [-0.3, -0.25) is 0 Å². The largest absolute Gasteiger partial charge is 0.387 e. The molecule has 0 atom stereocenters. The van der Waals surface area contributed by atoms with Crippen LogP contribution in [0.2, 0.25) is 0 Å². The Labute approximate surface area is 85.3 Å². The number of hydrogen-bond acceptors (Lipinski definition) is 3. The predicted molar refractivity (Wildman–Crippen MR) is 54.0 cm³/mol. The number of nitrogens with zero attached hydrogens (tertiary/aromatic N) is 1. The van der Waals surface area contributed by atoms with Crippen molar-refractivity contribution in [2.75, 3.05) is 13.1 Å². The fourth-order valence-corrected chi connectivity index (χ4v) is 2.94. The third kappa shape index (κ3) is 2.44. The van der Waals surface area contributed by atoms with Crippen molar-refractivity contribution in [1.82, 2.24) is 9.03 Å². The van der Waals surface area contributed by atoms with Gasteiger partial charge in [-0.1, -0.05) is 6.92 Å². The smallest absolute Gasteiger partial charge is 0.279 e. The zero-order valence-electron chi connectivity index (χ0n) is 8.82. The van der Waals surface area contributed by atoms with Crippen LogP contribution in [-0.4, -0.2) is 42.6 Å². The maximum absolute atomic E-state index is 11.5. The molecule has 5 nitrogen and oxygen atoms in total. The summed E-state index contributed by atoms with van der Waals surface area (Å²) in [6, 6.07) is -0.115. The van der Waals surface area contributed by atoms with E-state index in [1.807, 2.05) is 6.92 Å². The monoisotopic (exact) mass is 222 g/mol. The highest BCUT2D eigenvalue weighted by atomic mass is 32.2. The van der Waals surface area contributed by atoms with Crippen molar-refractivity contribution in [3.8, 4) is 0 Å². The predicted octanol–water partition coefficient (Wildman–Crippen LogP) is -0.314. The minimum Gasteiger partial charge on any atom is -0.387 e.